The largest absolute Gasteiger partial charge is 0.384 e. The molecule has 1 nitrogen and oxygen atoms in total. The first kappa shape index (κ1) is 18.7. The highest BCUT2D eigenvalue weighted by Crippen LogP contribution is 2.22. The molecule has 0 saturated heterocycles. The normalized spacial score (nSPS) is 12.2. The van der Waals surface area contributed by atoms with Crippen molar-refractivity contribution in [1.82, 2.24) is 0 Å². The third-order valence-corrected chi connectivity index (χ3v) is 4.73. The molecule has 0 bridgehead atoms. The van der Waals surface area contributed by atoms with Crippen molar-refractivity contribution in [3.8, 4) is 0 Å². The molecule has 130 valence electrons. The lowest BCUT2D eigenvalue weighted by Gasteiger charge is -2.12. The summed E-state index contributed by atoms with van der Waals surface area (Å²) < 4.78 is 0. The third kappa shape index (κ3) is 6.49. The number of rotatable bonds is 11. The second-order valence-electron chi connectivity index (χ2n) is 6.78. The quantitative estimate of drug-likeness (QED) is 0.471. The summed E-state index contributed by atoms with van der Waals surface area (Å²) in [7, 11) is 0. The zero-order valence-electron chi connectivity index (χ0n) is 15.1. The minimum atomic E-state index is -0.525. The lowest BCUT2D eigenvalue weighted by molar-refractivity contribution is 0.220. The van der Waals surface area contributed by atoms with Crippen molar-refractivity contribution < 1.29 is 5.11 Å². The smallest absolute Gasteiger partial charge is 0.104 e. The van der Waals surface area contributed by atoms with E-state index in [2.05, 4.69) is 31.2 Å². The molecule has 1 unspecified atom stereocenters. The van der Waals surface area contributed by atoms with Crippen LogP contribution < -0.4 is 0 Å². The first-order valence-electron chi connectivity index (χ1n) is 9.63. The number of unbranched alkanes of at least 4 members (excludes halogenated alkanes) is 7. The Kier molecular flexibility index (Phi) is 8.62. The summed E-state index contributed by atoms with van der Waals surface area (Å²) in [5.74, 6) is 0. The molecule has 2 aromatic carbocycles. The van der Waals surface area contributed by atoms with Gasteiger partial charge in [0.1, 0.15) is 6.10 Å². The molecule has 2 aromatic rings. The van der Waals surface area contributed by atoms with Crippen LogP contribution >= 0.6 is 0 Å². The molecule has 0 amide bonds. The Hall–Kier alpha value is -1.60. The van der Waals surface area contributed by atoms with Gasteiger partial charge in [0.25, 0.3) is 0 Å². The van der Waals surface area contributed by atoms with Gasteiger partial charge in [-0.15, -0.1) is 0 Å². The van der Waals surface area contributed by atoms with Crippen LogP contribution in [0.2, 0.25) is 0 Å². The van der Waals surface area contributed by atoms with Gasteiger partial charge in [-0.1, -0.05) is 106 Å². The monoisotopic (exact) mass is 324 g/mol. The highest BCUT2D eigenvalue weighted by atomic mass is 16.3. The number of hydrogen-bond donors (Lipinski definition) is 1. The van der Waals surface area contributed by atoms with Crippen LogP contribution in [0.15, 0.2) is 54.6 Å². The maximum absolute atomic E-state index is 10.4. The highest BCUT2D eigenvalue weighted by molar-refractivity contribution is 5.31. The van der Waals surface area contributed by atoms with E-state index in [1.807, 2.05) is 30.3 Å². The van der Waals surface area contributed by atoms with Crippen molar-refractivity contribution in [2.75, 3.05) is 0 Å². The molecule has 1 heteroatoms. The predicted molar refractivity (Wildman–Crippen MR) is 103 cm³/mol. The van der Waals surface area contributed by atoms with E-state index in [1.165, 1.54) is 56.9 Å². The van der Waals surface area contributed by atoms with Gasteiger partial charge in [-0.25, -0.2) is 0 Å². The second-order valence-corrected chi connectivity index (χ2v) is 6.78. The minimum absolute atomic E-state index is 0.525. The Morgan fingerprint density at radius 2 is 1.21 bits per heavy atom. The Bertz CT molecular complexity index is 544. The molecule has 2 rings (SSSR count). The van der Waals surface area contributed by atoms with E-state index in [1.54, 1.807) is 0 Å². The average molecular weight is 325 g/mol. The SMILES string of the molecule is CCCCCCCCCCc1ccc(C(O)c2ccccc2)cc1. The summed E-state index contributed by atoms with van der Waals surface area (Å²) in [4.78, 5) is 0. The van der Waals surface area contributed by atoms with Gasteiger partial charge in [0.15, 0.2) is 0 Å². The van der Waals surface area contributed by atoms with E-state index in [0.29, 0.717) is 0 Å². The molecular weight excluding hydrogens is 292 g/mol. The van der Waals surface area contributed by atoms with Crippen molar-refractivity contribution in [2.45, 2.75) is 70.8 Å². The maximum Gasteiger partial charge on any atom is 0.104 e. The molecule has 0 aliphatic rings. The predicted octanol–water partition coefficient (Wildman–Crippen LogP) is 6.45. The molecular formula is C23H32O. The number of benzene rings is 2. The van der Waals surface area contributed by atoms with Crippen LogP contribution in [-0.4, -0.2) is 5.11 Å². The van der Waals surface area contributed by atoms with Gasteiger partial charge in [-0.2, -0.15) is 0 Å². The van der Waals surface area contributed by atoms with Gasteiger partial charge in [0.2, 0.25) is 0 Å². The summed E-state index contributed by atoms with van der Waals surface area (Å²) in [6.45, 7) is 2.27. The van der Waals surface area contributed by atoms with Crippen molar-refractivity contribution >= 4 is 0 Å². The summed E-state index contributed by atoms with van der Waals surface area (Å²) in [5.41, 5.74) is 3.30. The van der Waals surface area contributed by atoms with E-state index in [4.69, 9.17) is 0 Å². The van der Waals surface area contributed by atoms with Gasteiger partial charge in [-0.05, 0) is 29.5 Å². The van der Waals surface area contributed by atoms with Crippen molar-refractivity contribution in [3.05, 3.63) is 71.3 Å². The van der Waals surface area contributed by atoms with Crippen molar-refractivity contribution in [2.24, 2.45) is 0 Å². The molecule has 1 N–H and O–H groups in total. The summed E-state index contributed by atoms with van der Waals surface area (Å²) in [5, 5.41) is 10.4. The first-order chi connectivity index (χ1) is 11.8. The minimum Gasteiger partial charge on any atom is -0.384 e. The zero-order valence-corrected chi connectivity index (χ0v) is 15.1. The Balaban J connectivity index is 1.69. The standard InChI is InChI=1S/C23H32O/c1-2-3-4-5-6-7-8-10-13-20-16-18-22(19-17-20)23(24)21-14-11-9-12-15-21/h9,11-12,14-19,23-24H,2-8,10,13H2,1H3. The van der Waals surface area contributed by atoms with E-state index in [-0.39, 0.29) is 0 Å². The average Bonchev–Trinajstić information content (AvgIpc) is 2.64. The number of aliphatic hydroxyl groups excluding tert-OH is 1. The van der Waals surface area contributed by atoms with Gasteiger partial charge in [0.05, 0.1) is 0 Å². The van der Waals surface area contributed by atoms with Crippen molar-refractivity contribution in [1.29, 1.82) is 0 Å². The second kappa shape index (κ2) is 11.0. The van der Waals surface area contributed by atoms with Crippen LogP contribution in [0.4, 0.5) is 0 Å². The number of hydrogen-bond acceptors (Lipinski definition) is 1. The number of aliphatic hydroxyl groups is 1. The number of aryl methyl sites for hydroxylation is 1. The molecule has 0 aliphatic heterocycles. The summed E-state index contributed by atoms with van der Waals surface area (Å²) in [6.07, 6.45) is 11.5. The topological polar surface area (TPSA) is 20.2 Å². The highest BCUT2D eigenvalue weighted by Gasteiger charge is 2.09. The zero-order chi connectivity index (χ0) is 17.0. The fraction of sp³-hybridized carbons (Fsp3) is 0.478. The molecule has 24 heavy (non-hydrogen) atoms. The van der Waals surface area contributed by atoms with Crippen LogP contribution in [-0.2, 0) is 6.42 Å². The van der Waals surface area contributed by atoms with Crippen LogP contribution in [0.1, 0.15) is 81.1 Å². The Morgan fingerprint density at radius 3 is 1.83 bits per heavy atom. The fourth-order valence-electron chi connectivity index (χ4n) is 3.16. The third-order valence-electron chi connectivity index (χ3n) is 4.73. The Morgan fingerprint density at radius 1 is 0.667 bits per heavy atom. The van der Waals surface area contributed by atoms with Crippen LogP contribution in [0.25, 0.3) is 0 Å². The van der Waals surface area contributed by atoms with Crippen molar-refractivity contribution in [3.63, 3.8) is 0 Å². The maximum atomic E-state index is 10.4. The molecule has 0 fully saturated rings. The Labute approximate surface area is 147 Å². The van der Waals surface area contributed by atoms with Gasteiger partial charge >= 0.3 is 0 Å². The molecule has 0 saturated carbocycles. The van der Waals surface area contributed by atoms with Crippen LogP contribution in [0, 0.1) is 0 Å². The lowest BCUT2D eigenvalue weighted by atomic mass is 9.98. The van der Waals surface area contributed by atoms with Gasteiger partial charge in [0, 0.05) is 0 Å². The van der Waals surface area contributed by atoms with Gasteiger partial charge in [-0.3, -0.25) is 0 Å². The molecule has 1 atom stereocenters. The van der Waals surface area contributed by atoms with Gasteiger partial charge < -0.3 is 5.11 Å². The molecule has 0 aromatic heterocycles. The molecule has 0 radical (unpaired) electrons. The molecule has 0 aliphatic carbocycles. The molecule has 0 heterocycles. The first-order valence-corrected chi connectivity index (χ1v) is 9.63. The van der Waals surface area contributed by atoms with E-state index in [9.17, 15) is 5.11 Å². The lowest BCUT2D eigenvalue weighted by Crippen LogP contribution is -1.99. The van der Waals surface area contributed by atoms with E-state index < -0.39 is 6.10 Å². The molecule has 0 spiro atoms. The summed E-state index contributed by atoms with van der Waals surface area (Å²) >= 11 is 0. The fourth-order valence-corrected chi connectivity index (χ4v) is 3.16. The summed E-state index contributed by atoms with van der Waals surface area (Å²) in [6, 6.07) is 18.3. The van der Waals surface area contributed by atoms with E-state index >= 15 is 0 Å². The van der Waals surface area contributed by atoms with Crippen LogP contribution in [0.3, 0.4) is 0 Å². The van der Waals surface area contributed by atoms with E-state index in [0.717, 1.165) is 17.5 Å². The van der Waals surface area contributed by atoms with Crippen LogP contribution in [0.5, 0.6) is 0 Å².